The van der Waals surface area contributed by atoms with Crippen LogP contribution in [0.5, 0.6) is 0 Å². The number of hydrogen-bond acceptors (Lipinski definition) is 4. The van der Waals surface area contributed by atoms with Crippen molar-refractivity contribution in [3.05, 3.63) is 88.4 Å². The molecule has 2 N–H and O–H groups in total. The highest BCUT2D eigenvalue weighted by Gasteiger charge is 2.51. The minimum absolute atomic E-state index is 0.0529. The van der Waals surface area contributed by atoms with Crippen molar-refractivity contribution in [2.45, 2.75) is 57.9 Å². The first kappa shape index (κ1) is 25.2. The van der Waals surface area contributed by atoms with Crippen LogP contribution in [0.2, 0.25) is 0 Å². The van der Waals surface area contributed by atoms with Gasteiger partial charge in [-0.15, -0.1) is 0 Å². The molecule has 2 unspecified atom stereocenters. The first-order chi connectivity index (χ1) is 18.6. The lowest BCUT2D eigenvalue weighted by Gasteiger charge is -2.43. The number of amides is 3. The van der Waals surface area contributed by atoms with Gasteiger partial charge in [-0.25, -0.2) is 9.37 Å². The van der Waals surface area contributed by atoms with E-state index in [2.05, 4.69) is 15.6 Å². The molecule has 0 radical (unpaired) electrons. The van der Waals surface area contributed by atoms with E-state index in [-0.39, 0.29) is 36.1 Å². The topological polar surface area (TPSA) is 91.4 Å². The van der Waals surface area contributed by atoms with E-state index in [9.17, 15) is 18.8 Å². The van der Waals surface area contributed by atoms with E-state index in [0.717, 1.165) is 27.8 Å². The largest absolute Gasteiger partial charge is 0.326 e. The number of carbonyl (C=O) groups excluding carboxylic acids is 3. The van der Waals surface area contributed by atoms with Crippen LogP contribution in [0, 0.1) is 18.2 Å². The Morgan fingerprint density at radius 2 is 1.92 bits per heavy atom. The van der Waals surface area contributed by atoms with Crippen molar-refractivity contribution in [1.29, 1.82) is 0 Å². The Morgan fingerprint density at radius 1 is 1.13 bits per heavy atom. The van der Waals surface area contributed by atoms with Crippen LogP contribution in [0.3, 0.4) is 0 Å². The smallest absolute Gasteiger partial charge is 0.244 e. The molecule has 3 aromatic rings. The van der Waals surface area contributed by atoms with Gasteiger partial charge in [-0.3, -0.25) is 14.4 Å². The Bertz CT molecular complexity index is 1530. The zero-order valence-electron chi connectivity index (χ0n) is 22.3. The monoisotopic (exact) mass is 526 g/mol. The molecule has 1 aromatic heterocycles. The van der Waals surface area contributed by atoms with Crippen LogP contribution in [0.25, 0.3) is 0 Å². The number of likely N-dealkylation sites (tertiary alicyclic amines) is 1. The molecule has 0 bridgehead atoms. The van der Waals surface area contributed by atoms with Gasteiger partial charge in [-0.05, 0) is 85.2 Å². The third-order valence-electron chi connectivity index (χ3n) is 8.64. The molecule has 3 heterocycles. The molecule has 6 rings (SSSR count). The second-order valence-corrected chi connectivity index (χ2v) is 11.7. The van der Waals surface area contributed by atoms with Crippen molar-refractivity contribution < 1.29 is 18.8 Å². The fourth-order valence-electron chi connectivity index (χ4n) is 6.47. The summed E-state index contributed by atoms with van der Waals surface area (Å²) in [5, 5.41) is 5.87. The van der Waals surface area contributed by atoms with Gasteiger partial charge in [-0.2, -0.15) is 0 Å². The molecule has 7 nitrogen and oxygen atoms in total. The number of fused-ring (bicyclic) bond motifs is 3. The summed E-state index contributed by atoms with van der Waals surface area (Å²) in [6.45, 7) is 5.54. The lowest BCUT2D eigenvalue weighted by atomic mass is 9.78. The number of nitrogens with zero attached hydrogens (tertiary/aromatic N) is 2. The lowest BCUT2D eigenvalue weighted by molar-refractivity contribution is -0.150. The van der Waals surface area contributed by atoms with Crippen LogP contribution in [0.4, 0.5) is 15.9 Å². The summed E-state index contributed by atoms with van der Waals surface area (Å²) in [5.41, 5.74) is 3.92. The van der Waals surface area contributed by atoms with Gasteiger partial charge in [0.1, 0.15) is 18.2 Å². The summed E-state index contributed by atoms with van der Waals surface area (Å²) in [5.74, 6) is -0.236. The third-order valence-corrected chi connectivity index (χ3v) is 8.64. The number of nitrogens with one attached hydrogen (secondary N) is 2. The molecule has 8 heteroatoms. The lowest BCUT2D eigenvalue weighted by Crippen LogP contribution is -2.50. The third kappa shape index (κ3) is 4.18. The van der Waals surface area contributed by atoms with Crippen molar-refractivity contribution in [3.63, 3.8) is 0 Å². The summed E-state index contributed by atoms with van der Waals surface area (Å²) in [6.07, 6.45) is 4.07. The van der Waals surface area contributed by atoms with Gasteiger partial charge in [-0.1, -0.05) is 32.0 Å². The molecule has 3 aliphatic rings. The number of pyridine rings is 1. The highest BCUT2D eigenvalue weighted by Crippen LogP contribution is 2.47. The number of aromatic nitrogens is 1. The van der Waals surface area contributed by atoms with Gasteiger partial charge in [0.15, 0.2) is 0 Å². The Morgan fingerprint density at radius 3 is 2.74 bits per heavy atom. The standard InChI is InChI=1S/C31H31FN4O3/c1-18-6-8-21(32)14-23(18)25-10-11-30(2,3)29(39)36(25)17-26(37)34-22-9-7-19-15-31(16-20(19)13-22)24-5-4-12-33-27(24)35-28(31)38/h4-9,12-14,25H,10-11,15-17H2,1-3H3,(H,34,37)(H,33,35,38). The number of rotatable bonds is 4. The number of benzene rings is 2. The maximum atomic E-state index is 14.1. The van der Waals surface area contributed by atoms with E-state index in [1.54, 1.807) is 17.2 Å². The van der Waals surface area contributed by atoms with Gasteiger partial charge < -0.3 is 15.5 Å². The molecule has 39 heavy (non-hydrogen) atoms. The number of halogens is 1. The van der Waals surface area contributed by atoms with Gasteiger partial charge in [0, 0.05) is 22.9 Å². The van der Waals surface area contributed by atoms with Crippen LogP contribution < -0.4 is 10.6 Å². The zero-order valence-corrected chi connectivity index (χ0v) is 22.3. The molecule has 1 saturated heterocycles. The Labute approximate surface area is 226 Å². The molecule has 200 valence electrons. The first-order valence-electron chi connectivity index (χ1n) is 13.3. The zero-order chi connectivity index (χ0) is 27.5. The molecular weight excluding hydrogens is 495 g/mol. The molecule has 2 aliphatic heterocycles. The fraction of sp³-hybridized carbons (Fsp3) is 0.355. The Hall–Kier alpha value is -4.07. The van der Waals surface area contributed by atoms with Crippen molar-refractivity contribution in [2.75, 3.05) is 17.2 Å². The Balaban J connectivity index is 1.22. The first-order valence-corrected chi connectivity index (χ1v) is 13.3. The molecule has 1 fully saturated rings. The normalized spacial score (nSPS) is 23.0. The van der Waals surface area contributed by atoms with Crippen LogP contribution in [0.1, 0.15) is 60.5 Å². The maximum Gasteiger partial charge on any atom is 0.244 e. The molecule has 1 aliphatic carbocycles. The highest BCUT2D eigenvalue weighted by atomic mass is 19.1. The summed E-state index contributed by atoms with van der Waals surface area (Å²) in [4.78, 5) is 45.6. The second kappa shape index (κ2) is 9.00. The number of piperidine rings is 1. The minimum atomic E-state index is -0.684. The average Bonchev–Trinajstić information content (AvgIpc) is 3.41. The average molecular weight is 527 g/mol. The quantitative estimate of drug-likeness (QED) is 0.509. The van der Waals surface area contributed by atoms with Crippen molar-refractivity contribution >= 4 is 29.2 Å². The molecule has 3 amide bonds. The molecule has 2 aromatic carbocycles. The Kier molecular flexibility index (Phi) is 5.82. The minimum Gasteiger partial charge on any atom is -0.326 e. The predicted octanol–water partition coefficient (Wildman–Crippen LogP) is 4.85. The SMILES string of the molecule is Cc1ccc(F)cc1C1CCC(C)(C)C(=O)N1CC(=O)Nc1ccc2c(c1)CC1(C2)C(=O)Nc2ncccc21. The van der Waals surface area contributed by atoms with Crippen LogP contribution in [0.15, 0.2) is 54.7 Å². The van der Waals surface area contributed by atoms with E-state index in [4.69, 9.17) is 0 Å². The van der Waals surface area contributed by atoms with Crippen molar-refractivity contribution in [3.8, 4) is 0 Å². The van der Waals surface area contributed by atoms with E-state index >= 15 is 0 Å². The van der Waals surface area contributed by atoms with Crippen molar-refractivity contribution in [1.82, 2.24) is 9.88 Å². The summed E-state index contributed by atoms with van der Waals surface area (Å²) >= 11 is 0. The van der Waals surface area contributed by atoms with E-state index < -0.39 is 10.8 Å². The molecular formula is C31H31FN4O3. The van der Waals surface area contributed by atoms with Crippen molar-refractivity contribution in [2.24, 2.45) is 5.41 Å². The maximum absolute atomic E-state index is 14.1. The number of aryl methyl sites for hydroxylation is 1. The summed E-state index contributed by atoms with van der Waals surface area (Å²) in [6, 6.07) is 13.7. The van der Waals surface area contributed by atoms with Crippen LogP contribution >= 0.6 is 0 Å². The molecule has 2 atom stereocenters. The van der Waals surface area contributed by atoms with Gasteiger partial charge in [0.05, 0.1) is 11.5 Å². The summed E-state index contributed by atoms with van der Waals surface area (Å²) in [7, 11) is 0. The summed E-state index contributed by atoms with van der Waals surface area (Å²) < 4.78 is 14.1. The number of carbonyl (C=O) groups is 3. The van der Waals surface area contributed by atoms with Crippen LogP contribution in [-0.4, -0.2) is 34.2 Å². The number of hydrogen-bond donors (Lipinski definition) is 2. The van der Waals surface area contributed by atoms with Gasteiger partial charge >= 0.3 is 0 Å². The molecule has 0 saturated carbocycles. The van der Waals surface area contributed by atoms with Gasteiger partial charge in [0.25, 0.3) is 0 Å². The van der Waals surface area contributed by atoms with E-state index in [0.29, 0.717) is 37.2 Å². The predicted molar refractivity (Wildman–Crippen MR) is 146 cm³/mol. The van der Waals surface area contributed by atoms with E-state index in [1.807, 2.05) is 51.1 Å². The number of anilines is 2. The second-order valence-electron chi connectivity index (χ2n) is 11.7. The fourth-order valence-corrected chi connectivity index (χ4v) is 6.47. The molecule has 1 spiro atoms. The van der Waals surface area contributed by atoms with Crippen LogP contribution in [-0.2, 0) is 32.6 Å². The van der Waals surface area contributed by atoms with Gasteiger partial charge in [0.2, 0.25) is 17.7 Å². The highest BCUT2D eigenvalue weighted by molar-refractivity contribution is 6.06. The van der Waals surface area contributed by atoms with E-state index in [1.165, 1.54) is 12.1 Å².